The molecule has 0 bridgehead atoms. The largest absolute Gasteiger partial charge is 0.480 e. The molecule has 0 radical (unpaired) electrons. The second kappa shape index (κ2) is 12.8. The Morgan fingerprint density at radius 3 is 2.08 bits per heavy atom. The van der Waals surface area contributed by atoms with Gasteiger partial charge in [-0.15, -0.1) is 0 Å². The third kappa shape index (κ3) is 6.87. The Bertz CT molecular complexity index is 1370. The van der Waals surface area contributed by atoms with E-state index in [1.54, 1.807) is 30.3 Å². The van der Waals surface area contributed by atoms with Gasteiger partial charge in [-0.2, -0.15) is 0 Å². The van der Waals surface area contributed by atoms with E-state index < -0.39 is 23.9 Å². The first-order valence-electron chi connectivity index (χ1n) is 13.7. The second-order valence-electron chi connectivity index (χ2n) is 10.7. The molecule has 0 aromatic heterocycles. The third-order valence-electron chi connectivity index (χ3n) is 7.57. The summed E-state index contributed by atoms with van der Waals surface area (Å²) in [6.45, 7) is 5.76. The zero-order valence-electron chi connectivity index (χ0n) is 23.2. The molecule has 1 aliphatic rings. The van der Waals surface area contributed by atoms with Crippen molar-refractivity contribution >= 4 is 29.3 Å². The van der Waals surface area contributed by atoms with E-state index in [1.807, 2.05) is 45.0 Å². The fourth-order valence-electron chi connectivity index (χ4n) is 5.54. The minimum absolute atomic E-state index is 0.0735. The molecule has 0 unspecified atom stereocenters. The number of anilines is 2. The van der Waals surface area contributed by atoms with Crippen LogP contribution >= 0.6 is 0 Å². The fraction of sp³-hybridized carbons (Fsp3) is 0.344. The number of benzene rings is 3. The summed E-state index contributed by atoms with van der Waals surface area (Å²) in [5.74, 6) is -1.75. The summed E-state index contributed by atoms with van der Waals surface area (Å²) in [6.07, 6.45) is 4.46. The van der Waals surface area contributed by atoms with Gasteiger partial charge in [0.15, 0.2) is 0 Å². The number of aryl methyl sites for hydroxylation is 3. The summed E-state index contributed by atoms with van der Waals surface area (Å²) in [5, 5.41) is 27.7. The molecule has 0 heterocycles. The van der Waals surface area contributed by atoms with Crippen LogP contribution in [0.4, 0.5) is 16.2 Å². The molecule has 8 nitrogen and oxygen atoms in total. The van der Waals surface area contributed by atoms with E-state index in [2.05, 4.69) is 16.0 Å². The summed E-state index contributed by atoms with van der Waals surface area (Å²) in [4.78, 5) is 38.7. The highest BCUT2D eigenvalue weighted by Gasteiger charge is 2.31. The Kier molecular flexibility index (Phi) is 9.22. The Labute approximate surface area is 234 Å². The van der Waals surface area contributed by atoms with Crippen LogP contribution in [0.3, 0.4) is 0 Å². The van der Waals surface area contributed by atoms with E-state index in [0.717, 1.165) is 65.5 Å². The first kappa shape index (κ1) is 28.8. The van der Waals surface area contributed by atoms with Gasteiger partial charge in [-0.05, 0) is 79.5 Å². The highest BCUT2D eigenvalue weighted by molar-refractivity contribution is 6.08. The highest BCUT2D eigenvalue weighted by atomic mass is 16.4. The van der Waals surface area contributed by atoms with Crippen LogP contribution in [0.25, 0.3) is 11.1 Å². The Balaban J connectivity index is 1.65. The summed E-state index contributed by atoms with van der Waals surface area (Å²) < 4.78 is 0. The van der Waals surface area contributed by atoms with Crippen LogP contribution in [0.1, 0.15) is 64.7 Å². The van der Waals surface area contributed by atoms with Crippen molar-refractivity contribution in [1.29, 1.82) is 0 Å². The molecule has 40 heavy (non-hydrogen) atoms. The number of carbonyl (C=O) groups is 3. The van der Waals surface area contributed by atoms with Crippen LogP contribution in [-0.2, 0) is 11.4 Å². The fourth-order valence-corrected chi connectivity index (χ4v) is 5.54. The molecule has 0 saturated heterocycles. The molecule has 1 saturated carbocycles. The van der Waals surface area contributed by atoms with Crippen LogP contribution in [0.5, 0.6) is 0 Å². The monoisotopic (exact) mass is 543 g/mol. The van der Waals surface area contributed by atoms with Gasteiger partial charge in [0.25, 0.3) is 5.91 Å². The van der Waals surface area contributed by atoms with Crippen molar-refractivity contribution in [1.82, 2.24) is 5.32 Å². The van der Waals surface area contributed by atoms with Crippen molar-refractivity contribution in [2.24, 2.45) is 5.92 Å². The van der Waals surface area contributed by atoms with Gasteiger partial charge in [0.1, 0.15) is 6.04 Å². The van der Waals surface area contributed by atoms with Crippen molar-refractivity contribution in [3.05, 3.63) is 82.4 Å². The molecule has 3 amide bonds. The van der Waals surface area contributed by atoms with Crippen LogP contribution in [0, 0.1) is 26.7 Å². The summed E-state index contributed by atoms with van der Waals surface area (Å²) in [5.41, 5.74) is 6.40. The third-order valence-corrected chi connectivity index (χ3v) is 7.57. The molecule has 1 atom stereocenters. The van der Waals surface area contributed by atoms with Gasteiger partial charge < -0.3 is 26.2 Å². The molecule has 1 aliphatic carbocycles. The van der Waals surface area contributed by atoms with E-state index in [9.17, 15) is 24.6 Å². The molecule has 0 spiro atoms. The predicted octanol–water partition coefficient (Wildman–Crippen LogP) is 6.18. The Morgan fingerprint density at radius 1 is 0.850 bits per heavy atom. The maximum atomic E-state index is 13.5. The SMILES string of the molecule is Cc1cc(C)c(NC(=O)Nc2cc(-c3ccc(CO)cc3)ccc2C(=O)N[C@H](C(=O)O)C2CCCCC2)c(C)c1. The average molecular weight is 544 g/mol. The Hall–Kier alpha value is -4.17. The molecule has 3 aromatic carbocycles. The number of urea groups is 1. The molecule has 0 aliphatic heterocycles. The van der Waals surface area contributed by atoms with Crippen LogP contribution < -0.4 is 16.0 Å². The number of carboxylic acid groups (broad SMARTS) is 1. The zero-order chi connectivity index (χ0) is 28.8. The lowest BCUT2D eigenvalue weighted by atomic mass is 9.83. The predicted molar refractivity (Wildman–Crippen MR) is 157 cm³/mol. The topological polar surface area (TPSA) is 128 Å². The minimum Gasteiger partial charge on any atom is -0.480 e. The van der Waals surface area contributed by atoms with Gasteiger partial charge in [-0.3, -0.25) is 4.79 Å². The lowest BCUT2D eigenvalue weighted by Gasteiger charge is -2.28. The minimum atomic E-state index is -1.06. The lowest BCUT2D eigenvalue weighted by molar-refractivity contribution is -0.141. The van der Waals surface area contributed by atoms with Gasteiger partial charge >= 0.3 is 12.0 Å². The van der Waals surface area contributed by atoms with Crippen molar-refractivity contribution < 1.29 is 24.6 Å². The van der Waals surface area contributed by atoms with Crippen molar-refractivity contribution in [2.75, 3.05) is 10.6 Å². The van der Waals surface area contributed by atoms with Crippen molar-refractivity contribution in [2.45, 2.75) is 65.5 Å². The molecule has 210 valence electrons. The van der Waals surface area contributed by atoms with Gasteiger partial charge in [0.05, 0.1) is 17.9 Å². The van der Waals surface area contributed by atoms with E-state index in [0.29, 0.717) is 5.69 Å². The zero-order valence-corrected chi connectivity index (χ0v) is 23.2. The number of hydrogen-bond acceptors (Lipinski definition) is 4. The number of amides is 3. The lowest BCUT2D eigenvalue weighted by Crippen LogP contribution is -2.46. The average Bonchev–Trinajstić information content (AvgIpc) is 2.94. The van der Waals surface area contributed by atoms with Crippen molar-refractivity contribution in [3.63, 3.8) is 0 Å². The molecule has 3 aromatic rings. The van der Waals surface area contributed by atoms with E-state index in [4.69, 9.17) is 0 Å². The second-order valence-corrected chi connectivity index (χ2v) is 10.7. The van der Waals surface area contributed by atoms with Gasteiger partial charge in [-0.1, -0.05) is 67.3 Å². The number of aliphatic hydroxyl groups is 1. The maximum Gasteiger partial charge on any atom is 0.326 e. The maximum absolute atomic E-state index is 13.5. The smallest absolute Gasteiger partial charge is 0.326 e. The number of rotatable bonds is 8. The van der Waals surface area contributed by atoms with E-state index >= 15 is 0 Å². The van der Waals surface area contributed by atoms with Gasteiger partial charge in [-0.25, -0.2) is 9.59 Å². The Morgan fingerprint density at radius 2 is 1.48 bits per heavy atom. The molecular formula is C32H37N3O5. The molecule has 1 fully saturated rings. The van der Waals surface area contributed by atoms with E-state index in [-0.39, 0.29) is 23.8 Å². The standard InChI is InChI=1S/C32H37N3O5/c1-19-15-20(2)28(21(3)16-19)35-32(40)33-27-17-25(23-11-9-22(18-36)10-12-23)13-14-26(27)30(37)34-29(31(38)39)24-7-5-4-6-8-24/h9-17,24,29,36H,4-8,18H2,1-3H3,(H,34,37)(H,38,39)(H2,33,35,40)/t29-/m0/s1. The normalized spacial score (nSPS) is 14.3. The number of aliphatic carboxylic acids is 1. The summed E-state index contributed by atoms with van der Waals surface area (Å²) in [6, 6.07) is 14.8. The molecule has 5 N–H and O–H groups in total. The summed E-state index contributed by atoms with van der Waals surface area (Å²) >= 11 is 0. The first-order valence-corrected chi connectivity index (χ1v) is 13.7. The molecule has 4 rings (SSSR count). The number of carboxylic acids is 1. The number of aliphatic hydroxyl groups excluding tert-OH is 1. The molecular weight excluding hydrogens is 506 g/mol. The van der Waals surface area contributed by atoms with E-state index in [1.165, 1.54) is 0 Å². The molecule has 8 heteroatoms. The first-order chi connectivity index (χ1) is 19.2. The van der Waals surface area contributed by atoms with Crippen molar-refractivity contribution in [3.8, 4) is 11.1 Å². The van der Waals surface area contributed by atoms with Crippen LogP contribution in [0.2, 0.25) is 0 Å². The van der Waals surface area contributed by atoms with Gasteiger partial charge in [0, 0.05) is 5.69 Å². The quantitative estimate of drug-likeness (QED) is 0.232. The number of nitrogens with one attached hydrogen (secondary N) is 3. The van der Waals surface area contributed by atoms with Crippen LogP contribution in [0.15, 0.2) is 54.6 Å². The summed E-state index contributed by atoms with van der Waals surface area (Å²) in [7, 11) is 0. The van der Waals surface area contributed by atoms with Gasteiger partial charge in [0.2, 0.25) is 0 Å². The number of hydrogen-bond donors (Lipinski definition) is 5. The number of carbonyl (C=O) groups excluding carboxylic acids is 2. The van der Waals surface area contributed by atoms with Crippen LogP contribution in [-0.4, -0.2) is 34.2 Å². The highest BCUT2D eigenvalue weighted by Crippen LogP contribution is 2.30.